The van der Waals surface area contributed by atoms with Gasteiger partial charge in [0, 0.05) is 7.11 Å². The lowest BCUT2D eigenvalue weighted by Crippen LogP contribution is -2.09. The van der Waals surface area contributed by atoms with E-state index in [0.717, 1.165) is 6.42 Å². The molecule has 4 heteroatoms. The predicted molar refractivity (Wildman–Crippen MR) is 72.9 cm³/mol. The number of aryl methyl sites for hydroxylation is 1. The summed E-state index contributed by atoms with van der Waals surface area (Å²) in [4.78, 5) is 21.0. The van der Waals surface area contributed by atoms with E-state index < -0.39 is 5.97 Å². The molecule has 0 bridgehead atoms. The summed E-state index contributed by atoms with van der Waals surface area (Å²) in [5.74, 6) is -0.476. The fourth-order valence-corrected chi connectivity index (χ4v) is 1.65. The topological polar surface area (TPSA) is 44.8 Å². The third kappa shape index (κ3) is 6.36. The van der Waals surface area contributed by atoms with Crippen LogP contribution in [-0.4, -0.2) is 26.3 Å². The molecule has 0 saturated heterocycles. The molecule has 1 aromatic rings. The molecular weight excluding hydrogens is 244 g/mol. The summed E-state index contributed by atoms with van der Waals surface area (Å²) < 4.78 is 4.78. The van der Waals surface area contributed by atoms with Gasteiger partial charge in [0.05, 0.1) is 12.2 Å². The third-order valence-corrected chi connectivity index (χ3v) is 2.76. The van der Waals surface area contributed by atoms with Gasteiger partial charge < -0.3 is 4.74 Å². The van der Waals surface area contributed by atoms with Crippen LogP contribution < -0.4 is 0 Å². The predicted octanol–water partition coefficient (Wildman–Crippen LogP) is 3.15. The van der Waals surface area contributed by atoms with Crippen molar-refractivity contribution < 1.29 is 19.3 Å². The number of carbonyl (C=O) groups is 1. The Balaban J connectivity index is 2.35. The highest BCUT2D eigenvalue weighted by Crippen LogP contribution is 2.10. The van der Waals surface area contributed by atoms with Gasteiger partial charge in [-0.1, -0.05) is 31.9 Å². The first-order valence-electron chi connectivity index (χ1n) is 6.69. The van der Waals surface area contributed by atoms with Crippen molar-refractivity contribution in [3.8, 4) is 0 Å². The lowest BCUT2D eigenvalue weighted by molar-refractivity contribution is -0.246. The van der Waals surface area contributed by atoms with Crippen LogP contribution in [0.2, 0.25) is 0 Å². The van der Waals surface area contributed by atoms with E-state index >= 15 is 0 Å². The Hall–Kier alpha value is -1.39. The van der Waals surface area contributed by atoms with Crippen molar-refractivity contribution in [2.45, 2.75) is 32.6 Å². The first-order valence-corrected chi connectivity index (χ1v) is 6.69. The standard InChI is InChI=1S/C15H22O4/c1-3-4-5-6-13-7-9-14(10-8-13)15(16)19-18-12-11-17-2/h7-10H,3-6,11-12H2,1-2H3. The van der Waals surface area contributed by atoms with Crippen LogP contribution in [0.1, 0.15) is 42.1 Å². The minimum atomic E-state index is -0.476. The average Bonchev–Trinajstić information content (AvgIpc) is 2.44. The second-order valence-electron chi connectivity index (χ2n) is 4.34. The van der Waals surface area contributed by atoms with E-state index in [1.807, 2.05) is 12.1 Å². The molecule has 106 valence electrons. The SMILES string of the molecule is CCCCCc1ccc(C(=O)OOCCOC)cc1. The maximum atomic E-state index is 11.6. The molecular formula is C15H22O4. The summed E-state index contributed by atoms with van der Waals surface area (Å²) in [6.45, 7) is 2.81. The molecule has 0 fully saturated rings. The Morgan fingerprint density at radius 1 is 1.11 bits per heavy atom. The molecule has 0 aromatic heterocycles. The van der Waals surface area contributed by atoms with Crippen LogP contribution in [0.15, 0.2) is 24.3 Å². The molecule has 0 saturated carbocycles. The van der Waals surface area contributed by atoms with Crippen molar-refractivity contribution in [2.24, 2.45) is 0 Å². The van der Waals surface area contributed by atoms with E-state index in [1.54, 1.807) is 19.2 Å². The van der Waals surface area contributed by atoms with Gasteiger partial charge in [0.25, 0.3) is 0 Å². The van der Waals surface area contributed by atoms with E-state index in [9.17, 15) is 4.79 Å². The summed E-state index contributed by atoms with van der Waals surface area (Å²) in [7, 11) is 1.56. The third-order valence-electron chi connectivity index (χ3n) is 2.76. The molecule has 0 amide bonds. The van der Waals surface area contributed by atoms with Crippen LogP contribution in [0.5, 0.6) is 0 Å². The minimum absolute atomic E-state index is 0.233. The summed E-state index contributed by atoms with van der Waals surface area (Å²) in [5.41, 5.74) is 1.74. The number of rotatable bonds is 9. The van der Waals surface area contributed by atoms with Crippen LogP contribution >= 0.6 is 0 Å². The van der Waals surface area contributed by atoms with Gasteiger partial charge in [0.2, 0.25) is 0 Å². The number of hydrogen-bond acceptors (Lipinski definition) is 4. The summed E-state index contributed by atoms with van der Waals surface area (Å²) in [6.07, 6.45) is 4.67. The summed E-state index contributed by atoms with van der Waals surface area (Å²) in [5, 5.41) is 0. The molecule has 4 nitrogen and oxygen atoms in total. The molecule has 0 unspecified atom stereocenters. The number of unbranched alkanes of at least 4 members (excludes halogenated alkanes) is 2. The highest BCUT2D eigenvalue weighted by atomic mass is 17.2. The molecule has 19 heavy (non-hydrogen) atoms. The molecule has 1 rings (SSSR count). The zero-order valence-corrected chi connectivity index (χ0v) is 11.7. The number of ether oxygens (including phenoxy) is 1. The maximum absolute atomic E-state index is 11.6. The van der Waals surface area contributed by atoms with Crippen molar-refractivity contribution in [3.63, 3.8) is 0 Å². The van der Waals surface area contributed by atoms with E-state index in [1.165, 1.54) is 24.8 Å². The number of methoxy groups -OCH3 is 1. The Morgan fingerprint density at radius 3 is 2.47 bits per heavy atom. The largest absolute Gasteiger partial charge is 0.382 e. The molecule has 0 aliphatic rings. The lowest BCUT2D eigenvalue weighted by atomic mass is 10.1. The van der Waals surface area contributed by atoms with E-state index in [4.69, 9.17) is 9.62 Å². The molecule has 0 heterocycles. The van der Waals surface area contributed by atoms with Gasteiger partial charge in [-0.3, -0.25) is 4.89 Å². The summed E-state index contributed by atoms with van der Waals surface area (Å²) >= 11 is 0. The Bertz CT molecular complexity index is 359. The van der Waals surface area contributed by atoms with Crippen molar-refractivity contribution in [3.05, 3.63) is 35.4 Å². The van der Waals surface area contributed by atoms with Crippen molar-refractivity contribution in [1.82, 2.24) is 0 Å². The van der Waals surface area contributed by atoms with Gasteiger partial charge in [-0.25, -0.2) is 4.79 Å². The number of hydrogen-bond donors (Lipinski definition) is 0. The van der Waals surface area contributed by atoms with Gasteiger partial charge in [-0.05, 0) is 30.5 Å². The minimum Gasteiger partial charge on any atom is -0.382 e. The Labute approximate surface area is 114 Å². The zero-order valence-electron chi connectivity index (χ0n) is 11.7. The second kappa shape index (κ2) is 9.53. The van der Waals surface area contributed by atoms with Gasteiger partial charge in [0.1, 0.15) is 6.61 Å². The Kier molecular flexibility index (Phi) is 7.86. The highest BCUT2D eigenvalue weighted by Gasteiger charge is 2.07. The normalized spacial score (nSPS) is 10.4. The van der Waals surface area contributed by atoms with E-state index in [2.05, 4.69) is 11.8 Å². The van der Waals surface area contributed by atoms with Crippen LogP contribution in [-0.2, 0) is 20.9 Å². The van der Waals surface area contributed by atoms with E-state index in [0.29, 0.717) is 12.2 Å². The van der Waals surface area contributed by atoms with Crippen molar-refractivity contribution in [2.75, 3.05) is 20.3 Å². The van der Waals surface area contributed by atoms with Crippen LogP contribution in [0.4, 0.5) is 0 Å². The smallest absolute Gasteiger partial charge is 0.373 e. The molecule has 0 radical (unpaired) electrons. The van der Waals surface area contributed by atoms with E-state index in [-0.39, 0.29) is 6.61 Å². The van der Waals surface area contributed by atoms with Crippen LogP contribution in [0.3, 0.4) is 0 Å². The first kappa shape index (κ1) is 15.7. The fourth-order valence-electron chi connectivity index (χ4n) is 1.65. The molecule has 0 aliphatic heterocycles. The van der Waals surface area contributed by atoms with Gasteiger partial charge in [-0.15, -0.1) is 0 Å². The molecule has 1 aromatic carbocycles. The van der Waals surface area contributed by atoms with Gasteiger partial charge in [0.15, 0.2) is 0 Å². The van der Waals surface area contributed by atoms with Crippen molar-refractivity contribution in [1.29, 1.82) is 0 Å². The second-order valence-corrected chi connectivity index (χ2v) is 4.34. The lowest BCUT2D eigenvalue weighted by Gasteiger charge is -2.04. The zero-order chi connectivity index (χ0) is 13.9. The van der Waals surface area contributed by atoms with Crippen LogP contribution in [0.25, 0.3) is 0 Å². The average molecular weight is 266 g/mol. The fraction of sp³-hybridized carbons (Fsp3) is 0.533. The van der Waals surface area contributed by atoms with Crippen molar-refractivity contribution >= 4 is 5.97 Å². The maximum Gasteiger partial charge on any atom is 0.373 e. The number of benzene rings is 1. The molecule has 0 spiro atoms. The van der Waals surface area contributed by atoms with Gasteiger partial charge >= 0.3 is 5.97 Å². The molecule has 0 N–H and O–H groups in total. The monoisotopic (exact) mass is 266 g/mol. The quantitative estimate of drug-likeness (QED) is 0.391. The number of carbonyl (C=O) groups excluding carboxylic acids is 1. The van der Waals surface area contributed by atoms with Crippen LogP contribution in [0, 0.1) is 0 Å². The highest BCUT2D eigenvalue weighted by molar-refractivity contribution is 5.88. The first-order chi connectivity index (χ1) is 9.27. The van der Waals surface area contributed by atoms with Gasteiger partial charge in [-0.2, -0.15) is 4.89 Å². The summed E-state index contributed by atoms with van der Waals surface area (Å²) in [6, 6.07) is 7.45. The Morgan fingerprint density at radius 2 is 1.84 bits per heavy atom. The molecule has 0 atom stereocenters. The molecule has 0 aliphatic carbocycles.